The van der Waals surface area contributed by atoms with Crippen molar-refractivity contribution in [1.29, 1.82) is 0 Å². The molecule has 2 aromatic carbocycles. The minimum absolute atomic E-state index is 0. The summed E-state index contributed by atoms with van der Waals surface area (Å²) in [5.41, 5.74) is 5.04. The molecule has 0 aliphatic rings. The van der Waals surface area contributed by atoms with Crippen molar-refractivity contribution in [2.75, 3.05) is 7.11 Å². The second-order valence-electron chi connectivity index (χ2n) is 12.4. The molecule has 0 atom stereocenters. The molecule has 0 saturated heterocycles. The third kappa shape index (κ3) is 13.3. The first kappa shape index (κ1) is 46.9. The molecule has 0 aromatic heterocycles. The van der Waals surface area contributed by atoms with Crippen LogP contribution in [0, 0.1) is 13.8 Å². The summed E-state index contributed by atoms with van der Waals surface area (Å²) < 4.78 is 5.40. The maximum atomic E-state index is 11.1. The van der Waals surface area contributed by atoms with Crippen LogP contribution in [0.2, 0.25) is 10.0 Å². The van der Waals surface area contributed by atoms with Crippen molar-refractivity contribution in [2.45, 2.75) is 121 Å². The summed E-state index contributed by atoms with van der Waals surface area (Å²) in [5, 5.41) is 40.8. The van der Waals surface area contributed by atoms with Crippen molar-refractivity contribution < 1.29 is 34.8 Å². The van der Waals surface area contributed by atoms with Crippen molar-refractivity contribution in [3.63, 3.8) is 0 Å². The van der Waals surface area contributed by atoms with Crippen molar-refractivity contribution in [3.8, 4) is 23.0 Å². The fraction of sp³-hybridized carbons (Fsp3) is 0.487. The molecule has 7 nitrogen and oxygen atoms in total. The Labute approximate surface area is 299 Å². The lowest BCUT2D eigenvalue weighted by atomic mass is 9.97. The number of carbonyl (C=O) groups excluding carboxylic acids is 2. The molecule has 0 amide bonds. The SMILES string of the molecule is C.C.CC(C)=CCC/C(C)=C/Cc1c(O)c(Cl)c(C)c(C=O)c1O.COC(C)(C)CCC/C(C)=C/Cc1c(O)c(Cl)c(C)c(C=O)c1O. The lowest BCUT2D eigenvalue weighted by molar-refractivity contribution is 0.0140. The van der Waals surface area contributed by atoms with Crippen molar-refractivity contribution in [3.05, 3.63) is 78.4 Å². The van der Waals surface area contributed by atoms with Crippen LogP contribution in [0.1, 0.15) is 131 Å². The summed E-state index contributed by atoms with van der Waals surface area (Å²) in [6, 6.07) is 0. The molecule has 0 saturated carbocycles. The van der Waals surface area contributed by atoms with E-state index in [1.165, 1.54) is 5.57 Å². The highest BCUT2D eigenvalue weighted by atomic mass is 35.5. The summed E-state index contributed by atoms with van der Waals surface area (Å²) in [4.78, 5) is 22.2. The van der Waals surface area contributed by atoms with Gasteiger partial charge in [-0.1, -0.05) is 73.0 Å². The summed E-state index contributed by atoms with van der Waals surface area (Å²) >= 11 is 12.1. The number of carbonyl (C=O) groups is 2. The van der Waals surface area contributed by atoms with Crippen LogP contribution in [-0.4, -0.2) is 45.7 Å². The van der Waals surface area contributed by atoms with Crippen molar-refractivity contribution in [2.24, 2.45) is 0 Å². The van der Waals surface area contributed by atoms with Gasteiger partial charge in [0.05, 0.1) is 26.8 Å². The summed E-state index contributed by atoms with van der Waals surface area (Å²) in [5.74, 6) is -0.714. The number of allylic oxidation sites excluding steroid dienone is 6. The fourth-order valence-electron chi connectivity index (χ4n) is 4.68. The molecule has 48 heavy (non-hydrogen) atoms. The van der Waals surface area contributed by atoms with E-state index in [-0.39, 0.29) is 70.2 Å². The number of methoxy groups -OCH3 is 1. The van der Waals surface area contributed by atoms with Gasteiger partial charge in [-0.05, 0) is 111 Å². The third-order valence-corrected chi connectivity index (χ3v) is 9.00. The number of hydrogen-bond acceptors (Lipinski definition) is 7. The molecular formula is C39H58Cl2O7. The van der Waals surface area contributed by atoms with Gasteiger partial charge in [0.1, 0.15) is 23.0 Å². The first-order valence-corrected chi connectivity index (χ1v) is 16.0. The Balaban J connectivity index is 0. The molecule has 0 spiro atoms. The Hall–Kier alpha value is -3.26. The van der Waals surface area contributed by atoms with Crippen molar-refractivity contribution in [1.82, 2.24) is 0 Å². The second-order valence-corrected chi connectivity index (χ2v) is 13.2. The van der Waals surface area contributed by atoms with E-state index in [0.29, 0.717) is 42.1 Å². The number of ether oxygens (including phenoxy) is 1. The minimum atomic E-state index is -0.200. The van der Waals surface area contributed by atoms with Gasteiger partial charge in [0.25, 0.3) is 0 Å². The molecule has 0 unspecified atom stereocenters. The number of halogens is 2. The van der Waals surface area contributed by atoms with Crippen LogP contribution in [-0.2, 0) is 17.6 Å². The van der Waals surface area contributed by atoms with Crippen LogP contribution in [0.15, 0.2) is 34.9 Å². The fourth-order valence-corrected chi connectivity index (χ4v) is 5.11. The maximum absolute atomic E-state index is 11.1. The second kappa shape index (κ2) is 21.7. The average molecular weight is 710 g/mol. The van der Waals surface area contributed by atoms with E-state index in [0.717, 1.165) is 43.3 Å². The molecule has 0 aliphatic carbocycles. The van der Waals surface area contributed by atoms with Crippen LogP contribution in [0.5, 0.6) is 23.0 Å². The highest BCUT2D eigenvalue weighted by Gasteiger charge is 2.21. The maximum Gasteiger partial charge on any atom is 0.154 e. The van der Waals surface area contributed by atoms with Gasteiger partial charge in [-0.25, -0.2) is 0 Å². The number of phenols is 4. The third-order valence-electron chi connectivity index (χ3n) is 8.07. The van der Waals surface area contributed by atoms with Crippen LogP contribution in [0.25, 0.3) is 0 Å². The van der Waals surface area contributed by atoms with Gasteiger partial charge >= 0.3 is 0 Å². The minimum Gasteiger partial charge on any atom is -0.507 e. The normalized spacial score (nSPS) is 11.5. The molecule has 0 radical (unpaired) electrons. The Morgan fingerprint density at radius 3 is 1.46 bits per heavy atom. The zero-order valence-corrected chi connectivity index (χ0v) is 30.1. The molecular weight excluding hydrogens is 651 g/mol. The molecule has 4 N–H and O–H groups in total. The van der Waals surface area contributed by atoms with Crippen LogP contribution < -0.4 is 0 Å². The predicted octanol–water partition coefficient (Wildman–Crippen LogP) is 11.3. The number of aromatic hydroxyl groups is 4. The molecule has 2 rings (SSSR count). The van der Waals surface area contributed by atoms with Gasteiger partial charge in [0.2, 0.25) is 0 Å². The van der Waals surface area contributed by atoms with Crippen LogP contribution in [0.4, 0.5) is 0 Å². The number of rotatable bonds is 14. The summed E-state index contributed by atoms with van der Waals surface area (Å²) in [6.45, 7) is 15.4. The highest BCUT2D eigenvalue weighted by Crippen LogP contribution is 2.41. The molecule has 9 heteroatoms. The summed E-state index contributed by atoms with van der Waals surface area (Å²) in [6.07, 6.45) is 12.5. The smallest absolute Gasteiger partial charge is 0.154 e. The quantitative estimate of drug-likeness (QED) is 0.114. The van der Waals surface area contributed by atoms with Crippen LogP contribution >= 0.6 is 23.2 Å². The van der Waals surface area contributed by atoms with E-state index in [2.05, 4.69) is 33.8 Å². The number of phenolic OH excluding ortho intramolecular Hbond substituents is 4. The monoisotopic (exact) mass is 708 g/mol. The number of benzene rings is 2. The molecule has 0 fully saturated rings. The average Bonchev–Trinajstić information content (AvgIpc) is 2.99. The highest BCUT2D eigenvalue weighted by molar-refractivity contribution is 6.33. The molecule has 2 aromatic rings. The van der Waals surface area contributed by atoms with Gasteiger partial charge < -0.3 is 25.2 Å². The van der Waals surface area contributed by atoms with E-state index in [4.69, 9.17) is 27.9 Å². The van der Waals surface area contributed by atoms with Gasteiger partial charge in [-0.15, -0.1) is 0 Å². The molecule has 0 bridgehead atoms. The van der Waals surface area contributed by atoms with Crippen LogP contribution in [0.3, 0.4) is 0 Å². The topological polar surface area (TPSA) is 124 Å². The lowest BCUT2D eigenvalue weighted by Crippen LogP contribution is -2.21. The van der Waals surface area contributed by atoms with E-state index >= 15 is 0 Å². The van der Waals surface area contributed by atoms with E-state index in [1.807, 2.05) is 26.0 Å². The standard InChI is InChI=1S/C19H27ClO4.C18H23ClO3.2CH4/c1-12(7-6-10-19(3,4)24-5)8-9-14-17(22)15(11-21)13(2)16(20)18(14)23;1-11(2)6-5-7-12(3)8-9-14-17(21)15(10-20)13(4)16(19)18(14)22;;/h8,11,22-23H,6-7,9-10H2,1-5H3;6,8,10,21-22H,5,7,9H2,1-4H3;2*1H4/b2*12-8+;;. The van der Waals surface area contributed by atoms with E-state index in [1.54, 1.807) is 21.0 Å². The number of aldehydes is 2. The molecule has 270 valence electrons. The Morgan fingerprint density at radius 2 is 1.10 bits per heavy atom. The van der Waals surface area contributed by atoms with Gasteiger partial charge in [-0.2, -0.15) is 0 Å². The molecule has 0 heterocycles. The van der Waals surface area contributed by atoms with Gasteiger partial charge in [-0.3, -0.25) is 9.59 Å². The Morgan fingerprint density at radius 1 is 0.708 bits per heavy atom. The zero-order chi connectivity index (χ0) is 35.4. The predicted molar refractivity (Wildman–Crippen MR) is 202 cm³/mol. The molecule has 0 aliphatic heterocycles. The lowest BCUT2D eigenvalue weighted by Gasteiger charge is -2.22. The van der Waals surface area contributed by atoms with Gasteiger partial charge in [0.15, 0.2) is 12.6 Å². The first-order chi connectivity index (χ1) is 21.4. The number of hydrogen-bond donors (Lipinski definition) is 4. The van der Waals surface area contributed by atoms with E-state index in [9.17, 15) is 30.0 Å². The first-order valence-electron chi connectivity index (χ1n) is 15.3. The zero-order valence-electron chi connectivity index (χ0n) is 28.6. The van der Waals surface area contributed by atoms with E-state index < -0.39 is 0 Å². The largest absolute Gasteiger partial charge is 0.507 e. The Kier molecular flexibility index (Phi) is 21.1. The Bertz CT molecular complexity index is 1480. The van der Waals surface area contributed by atoms with Gasteiger partial charge in [0, 0.05) is 18.2 Å². The van der Waals surface area contributed by atoms with Crippen molar-refractivity contribution >= 4 is 35.8 Å². The summed E-state index contributed by atoms with van der Waals surface area (Å²) in [7, 11) is 1.71.